The van der Waals surface area contributed by atoms with Crippen molar-refractivity contribution in [2.75, 3.05) is 19.4 Å². The molecule has 0 saturated carbocycles. The van der Waals surface area contributed by atoms with E-state index in [0.717, 1.165) is 6.20 Å². The van der Waals surface area contributed by atoms with E-state index in [4.69, 9.17) is 10.5 Å². The first-order valence-electron chi connectivity index (χ1n) is 4.62. The van der Waals surface area contributed by atoms with Crippen molar-refractivity contribution in [3.8, 4) is 0 Å². The number of hydrogen-bond donors (Lipinski definition) is 3. The zero-order chi connectivity index (χ0) is 12.4. The maximum absolute atomic E-state index is 11.8. The van der Waals surface area contributed by atoms with Crippen LogP contribution < -0.4 is 10.5 Å². The third kappa shape index (κ3) is 2.94. The number of sulfonamides is 1. The Labute approximate surface area is 94.4 Å². The van der Waals surface area contributed by atoms with Gasteiger partial charge in [-0.15, -0.1) is 0 Å². The largest absolute Gasteiger partial charge is 0.383 e. The molecule has 1 rings (SSSR count). The van der Waals surface area contributed by atoms with Crippen LogP contribution in [0.1, 0.15) is 13.8 Å². The highest BCUT2D eigenvalue weighted by molar-refractivity contribution is 7.89. The average Bonchev–Trinajstić information content (AvgIpc) is 2.63. The maximum Gasteiger partial charge on any atom is 0.245 e. The number of anilines is 1. The minimum Gasteiger partial charge on any atom is -0.383 e. The molecule has 0 aromatic carbocycles. The van der Waals surface area contributed by atoms with Crippen LogP contribution in [0.25, 0.3) is 0 Å². The first kappa shape index (κ1) is 12.9. The van der Waals surface area contributed by atoms with E-state index in [0.29, 0.717) is 0 Å². The van der Waals surface area contributed by atoms with Gasteiger partial charge < -0.3 is 10.5 Å². The predicted molar refractivity (Wildman–Crippen MR) is 59.3 cm³/mol. The molecule has 0 amide bonds. The summed E-state index contributed by atoms with van der Waals surface area (Å²) in [6.07, 6.45) is 1.16. The Kier molecular flexibility index (Phi) is 3.56. The van der Waals surface area contributed by atoms with Gasteiger partial charge in [-0.05, 0) is 13.8 Å². The number of methoxy groups -OCH3 is 1. The fraction of sp³-hybridized carbons (Fsp3) is 0.625. The molecule has 0 radical (unpaired) electrons. The third-order valence-electron chi connectivity index (χ3n) is 2.16. The Balaban J connectivity index is 2.79. The van der Waals surface area contributed by atoms with Crippen LogP contribution in [0.15, 0.2) is 11.1 Å². The van der Waals surface area contributed by atoms with Gasteiger partial charge in [0.2, 0.25) is 10.0 Å². The molecule has 92 valence electrons. The van der Waals surface area contributed by atoms with Gasteiger partial charge in [0.05, 0.1) is 11.8 Å². The minimum absolute atomic E-state index is 0.0164. The van der Waals surface area contributed by atoms with E-state index < -0.39 is 15.6 Å². The smallest absolute Gasteiger partial charge is 0.245 e. The van der Waals surface area contributed by atoms with E-state index in [-0.39, 0.29) is 17.3 Å². The molecular formula is C8H16N4O3S. The molecule has 0 bridgehead atoms. The molecule has 1 aromatic rings. The number of nitrogens with two attached hydrogens (primary N) is 1. The van der Waals surface area contributed by atoms with Crippen molar-refractivity contribution >= 4 is 15.8 Å². The summed E-state index contributed by atoms with van der Waals surface area (Å²) in [7, 11) is -2.13. The summed E-state index contributed by atoms with van der Waals surface area (Å²) in [5.74, 6) is 0.0164. The first-order chi connectivity index (χ1) is 7.28. The molecule has 0 aliphatic heterocycles. The van der Waals surface area contributed by atoms with Crippen molar-refractivity contribution in [1.82, 2.24) is 14.9 Å². The summed E-state index contributed by atoms with van der Waals surface area (Å²) in [6.45, 7) is 3.69. The van der Waals surface area contributed by atoms with E-state index in [1.807, 2.05) is 0 Å². The second-order valence-corrected chi connectivity index (χ2v) is 5.67. The lowest BCUT2D eigenvalue weighted by Gasteiger charge is -2.22. The lowest BCUT2D eigenvalue weighted by Crippen LogP contribution is -2.39. The van der Waals surface area contributed by atoms with E-state index in [1.54, 1.807) is 13.8 Å². The number of ether oxygens (including phenoxy) is 1. The SMILES string of the molecule is COC(C)(C)CNS(=O)(=O)c1cn[nH]c1N. The van der Waals surface area contributed by atoms with Crippen LogP contribution in [-0.2, 0) is 14.8 Å². The first-order valence-corrected chi connectivity index (χ1v) is 6.10. The van der Waals surface area contributed by atoms with Gasteiger partial charge in [-0.3, -0.25) is 5.10 Å². The molecule has 1 aromatic heterocycles. The van der Waals surface area contributed by atoms with Crippen LogP contribution in [0.2, 0.25) is 0 Å². The maximum atomic E-state index is 11.8. The second kappa shape index (κ2) is 4.40. The summed E-state index contributed by atoms with van der Waals surface area (Å²) in [4.78, 5) is -0.0561. The van der Waals surface area contributed by atoms with Crippen LogP contribution in [-0.4, -0.2) is 37.9 Å². The van der Waals surface area contributed by atoms with E-state index in [1.165, 1.54) is 7.11 Å². The highest BCUT2D eigenvalue weighted by atomic mass is 32.2. The molecule has 0 aliphatic rings. The number of hydrogen-bond acceptors (Lipinski definition) is 5. The van der Waals surface area contributed by atoms with E-state index >= 15 is 0 Å². The topological polar surface area (TPSA) is 110 Å². The van der Waals surface area contributed by atoms with Crippen molar-refractivity contribution in [2.24, 2.45) is 0 Å². The molecule has 0 fully saturated rings. The monoisotopic (exact) mass is 248 g/mol. The fourth-order valence-electron chi connectivity index (χ4n) is 0.918. The van der Waals surface area contributed by atoms with Crippen molar-refractivity contribution in [3.63, 3.8) is 0 Å². The lowest BCUT2D eigenvalue weighted by atomic mass is 10.1. The number of nitrogens with one attached hydrogen (secondary N) is 2. The molecule has 0 unspecified atom stereocenters. The van der Waals surface area contributed by atoms with Gasteiger partial charge in [0.15, 0.2) is 0 Å². The van der Waals surface area contributed by atoms with Gasteiger partial charge in [0.1, 0.15) is 10.7 Å². The number of H-pyrrole nitrogens is 1. The number of rotatable bonds is 5. The molecule has 1 heterocycles. The van der Waals surface area contributed by atoms with Crippen molar-refractivity contribution < 1.29 is 13.2 Å². The predicted octanol–water partition coefficient (Wildman–Crippen LogP) is -0.305. The molecule has 0 spiro atoms. The standard InChI is InChI=1S/C8H16N4O3S/c1-8(2,15-3)5-11-16(13,14)6-4-10-12-7(6)9/h4,11H,5H2,1-3H3,(H3,9,10,12). The number of nitrogen functional groups attached to an aromatic ring is 1. The highest BCUT2D eigenvalue weighted by Gasteiger charge is 2.24. The van der Waals surface area contributed by atoms with Gasteiger partial charge in [0.25, 0.3) is 0 Å². The van der Waals surface area contributed by atoms with Crippen LogP contribution in [0.5, 0.6) is 0 Å². The number of aromatic nitrogens is 2. The van der Waals surface area contributed by atoms with E-state index in [2.05, 4.69) is 14.9 Å². The summed E-state index contributed by atoms with van der Waals surface area (Å²) >= 11 is 0. The molecule has 4 N–H and O–H groups in total. The Morgan fingerprint density at radius 1 is 1.62 bits per heavy atom. The zero-order valence-electron chi connectivity index (χ0n) is 9.44. The van der Waals surface area contributed by atoms with Gasteiger partial charge in [-0.1, -0.05) is 0 Å². The van der Waals surface area contributed by atoms with Crippen molar-refractivity contribution in [2.45, 2.75) is 24.3 Å². The molecule has 0 aliphatic carbocycles. The molecule has 0 atom stereocenters. The summed E-state index contributed by atoms with van der Waals surface area (Å²) in [5.41, 5.74) is 4.85. The number of nitrogens with zero attached hydrogens (tertiary/aromatic N) is 1. The zero-order valence-corrected chi connectivity index (χ0v) is 10.3. The minimum atomic E-state index is -3.64. The molecule has 16 heavy (non-hydrogen) atoms. The van der Waals surface area contributed by atoms with Gasteiger partial charge >= 0.3 is 0 Å². The quantitative estimate of drug-likeness (QED) is 0.662. The van der Waals surface area contributed by atoms with Gasteiger partial charge in [-0.25, -0.2) is 13.1 Å². The summed E-state index contributed by atoms with van der Waals surface area (Å²) in [5, 5.41) is 5.92. The molecule has 0 saturated heterocycles. The van der Waals surface area contributed by atoms with Crippen LogP contribution >= 0.6 is 0 Å². The Hall–Kier alpha value is -1.12. The Morgan fingerprint density at radius 3 is 2.69 bits per heavy atom. The van der Waals surface area contributed by atoms with Gasteiger partial charge in [0, 0.05) is 13.7 Å². The summed E-state index contributed by atoms with van der Waals surface area (Å²) in [6, 6.07) is 0. The van der Waals surface area contributed by atoms with Crippen LogP contribution in [0, 0.1) is 0 Å². The average molecular weight is 248 g/mol. The van der Waals surface area contributed by atoms with Crippen LogP contribution in [0.4, 0.5) is 5.82 Å². The fourth-order valence-corrected chi connectivity index (χ4v) is 2.14. The number of aromatic amines is 1. The van der Waals surface area contributed by atoms with Crippen molar-refractivity contribution in [1.29, 1.82) is 0 Å². The Morgan fingerprint density at radius 2 is 2.25 bits per heavy atom. The molecular weight excluding hydrogens is 232 g/mol. The normalized spacial score (nSPS) is 12.9. The van der Waals surface area contributed by atoms with Crippen molar-refractivity contribution in [3.05, 3.63) is 6.20 Å². The molecule has 8 heteroatoms. The third-order valence-corrected chi connectivity index (χ3v) is 3.59. The highest BCUT2D eigenvalue weighted by Crippen LogP contribution is 2.14. The second-order valence-electron chi connectivity index (χ2n) is 3.94. The molecule has 7 nitrogen and oxygen atoms in total. The summed E-state index contributed by atoms with van der Waals surface area (Å²) < 4.78 is 31.0. The lowest BCUT2D eigenvalue weighted by molar-refractivity contribution is 0.0276. The van der Waals surface area contributed by atoms with Crippen LogP contribution in [0.3, 0.4) is 0 Å². The Bertz CT molecular complexity index is 452. The van der Waals surface area contributed by atoms with E-state index in [9.17, 15) is 8.42 Å². The van der Waals surface area contributed by atoms with Gasteiger partial charge in [-0.2, -0.15) is 5.10 Å².